The molecular formula is C14H16N2OS. The van der Waals surface area contributed by atoms with Gasteiger partial charge in [0.05, 0.1) is 0 Å². The van der Waals surface area contributed by atoms with Gasteiger partial charge in [-0.1, -0.05) is 31.2 Å². The zero-order chi connectivity index (χ0) is 13.3. The molecule has 1 aliphatic rings. The minimum absolute atomic E-state index is 0.0536. The highest BCUT2D eigenvalue weighted by Crippen LogP contribution is 2.20. The summed E-state index contributed by atoms with van der Waals surface area (Å²) in [5, 5.41) is 0.538. The van der Waals surface area contributed by atoms with Crippen LogP contribution in [0.2, 0.25) is 0 Å². The van der Waals surface area contributed by atoms with Gasteiger partial charge >= 0.3 is 0 Å². The van der Waals surface area contributed by atoms with Gasteiger partial charge in [0, 0.05) is 14.1 Å². The monoisotopic (exact) mass is 260 g/mol. The summed E-state index contributed by atoms with van der Waals surface area (Å²) < 4.78 is 0. The first-order valence-corrected chi connectivity index (χ1v) is 6.31. The van der Waals surface area contributed by atoms with Gasteiger partial charge < -0.3 is 4.90 Å². The van der Waals surface area contributed by atoms with Crippen molar-refractivity contribution < 1.29 is 4.79 Å². The molecule has 0 radical (unpaired) electrons. The van der Waals surface area contributed by atoms with E-state index in [4.69, 9.17) is 12.2 Å². The summed E-state index contributed by atoms with van der Waals surface area (Å²) in [4.78, 5) is 15.2. The predicted molar refractivity (Wildman–Crippen MR) is 76.9 cm³/mol. The molecule has 1 heterocycles. The second-order valence-corrected chi connectivity index (χ2v) is 4.70. The average Bonchev–Trinajstić information content (AvgIpc) is 2.57. The van der Waals surface area contributed by atoms with E-state index in [1.165, 1.54) is 10.5 Å². The Kier molecular flexibility index (Phi) is 3.48. The summed E-state index contributed by atoms with van der Waals surface area (Å²) in [6.45, 7) is 2.12. The van der Waals surface area contributed by atoms with Gasteiger partial charge in [-0.05, 0) is 35.8 Å². The number of carbonyl (C=O) groups is 1. The standard InChI is InChI=1S/C14H16N2OS/c1-4-10-5-7-11(8-6-10)9-12-13(17)16(3)14(18)15(12)2/h5-9H,4H2,1-3H3/b12-9-. The number of carbonyl (C=O) groups excluding carboxylic acids is 1. The Morgan fingerprint density at radius 1 is 1.17 bits per heavy atom. The van der Waals surface area contributed by atoms with Crippen LogP contribution in [0.5, 0.6) is 0 Å². The van der Waals surface area contributed by atoms with Gasteiger partial charge in [0.25, 0.3) is 5.91 Å². The summed E-state index contributed by atoms with van der Waals surface area (Å²) in [5.41, 5.74) is 2.92. The fraction of sp³-hybridized carbons (Fsp3) is 0.286. The number of likely N-dealkylation sites (N-methyl/N-ethyl adjacent to an activating group) is 2. The fourth-order valence-corrected chi connectivity index (χ4v) is 2.08. The lowest BCUT2D eigenvalue weighted by Crippen LogP contribution is -2.26. The van der Waals surface area contributed by atoms with Crippen molar-refractivity contribution in [2.24, 2.45) is 0 Å². The summed E-state index contributed by atoms with van der Waals surface area (Å²) in [5.74, 6) is -0.0536. The van der Waals surface area contributed by atoms with Crippen molar-refractivity contribution in [2.45, 2.75) is 13.3 Å². The van der Waals surface area contributed by atoms with E-state index < -0.39 is 0 Å². The topological polar surface area (TPSA) is 23.6 Å². The van der Waals surface area contributed by atoms with E-state index in [9.17, 15) is 4.79 Å². The van der Waals surface area contributed by atoms with Crippen LogP contribution in [0.4, 0.5) is 0 Å². The Hall–Kier alpha value is -1.68. The molecule has 1 aromatic rings. The van der Waals surface area contributed by atoms with E-state index in [-0.39, 0.29) is 5.91 Å². The first-order valence-electron chi connectivity index (χ1n) is 5.91. The van der Waals surface area contributed by atoms with E-state index in [0.717, 1.165) is 12.0 Å². The second kappa shape index (κ2) is 4.90. The molecule has 0 bridgehead atoms. The van der Waals surface area contributed by atoms with E-state index in [2.05, 4.69) is 19.1 Å². The molecule has 0 spiro atoms. The fourth-order valence-electron chi connectivity index (χ4n) is 1.90. The molecule has 94 valence electrons. The number of thiocarbonyl (C=S) groups is 1. The largest absolute Gasteiger partial charge is 0.317 e. The van der Waals surface area contributed by atoms with Crippen molar-refractivity contribution in [1.82, 2.24) is 9.80 Å². The zero-order valence-electron chi connectivity index (χ0n) is 10.8. The normalized spacial score (nSPS) is 18.1. The average molecular weight is 260 g/mol. The highest BCUT2D eigenvalue weighted by atomic mass is 32.1. The third kappa shape index (κ3) is 2.16. The van der Waals surface area contributed by atoms with Crippen molar-refractivity contribution in [3.8, 4) is 0 Å². The molecule has 1 amide bonds. The van der Waals surface area contributed by atoms with Gasteiger partial charge in [0.15, 0.2) is 5.11 Å². The van der Waals surface area contributed by atoms with Crippen molar-refractivity contribution in [3.63, 3.8) is 0 Å². The lowest BCUT2D eigenvalue weighted by Gasteiger charge is -2.11. The SMILES string of the molecule is CCc1ccc(/C=C2/C(=O)N(C)C(=S)N2C)cc1. The molecule has 1 aromatic carbocycles. The molecule has 1 fully saturated rings. The second-order valence-electron chi connectivity index (χ2n) is 4.33. The predicted octanol–water partition coefficient (Wildman–Crippen LogP) is 2.28. The van der Waals surface area contributed by atoms with Crippen LogP contribution in [0.15, 0.2) is 30.0 Å². The molecule has 0 atom stereocenters. The Balaban J connectivity index is 2.32. The quantitative estimate of drug-likeness (QED) is 0.602. The van der Waals surface area contributed by atoms with Gasteiger partial charge in [-0.15, -0.1) is 0 Å². The maximum Gasteiger partial charge on any atom is 0.276 e. The minimum atomic E-state index is -0.0536. The Morgan fingerprint density at radius 2 is 1.78 bits per heavy atom. The molecule has 18 heavy (non-hydrogen) atoms. The first-order chi connectivity index (χ1) is 8.54. The number of amides is 1. The van der Waals surface area contributed by atoms with Gasteiger partial charge in [0.2, 0.25) is 0 Å². The maximum atomic E-state index is 12.0. The van der Waals surface area contributed by atoms with E-state index in [1.54, 1.807) is 11.9 Å². The van der Waals surface area contributed by atoms with Crippen LogP contribution in [0.25, 0.3) is 6.08 Å². The lowest BCUT2D eigenvalue weighted by molar-refractivity contribution is -0.121. The van der Waals surface area contributed by atoms with Crippen molar-refractivity contribution >= 4 is 29.3 Å². The third-order valence-corrected chi connectivity index (χ3v) is 3.70. The van der Waals surface area contributed by atoms with Crippen molar-refractivity contribution in [2.75, 3.05) is 14.1 Å². The summed E-state index contributed by atoms with van der Waals surface area (Å²) in [7, 11) is 3.51. The molecule has 3 nitrogen and oxygen atoms in total. The van der Waals surface area contributed by atoms with Crippen LogP contribution in [0.1, 0.15) is 18.1 Å². The molecular weight excluding hydrogens is 244 g/mol. The smallest absolute Gasteiger partial charge is 0.276 e. The maximum absolute atomic E-state index is 12.0. The molecule has 4 heteroatoms. The highest BCUT2D eigenvalue weighted by molar-refractivity contribution is 7.80. The van der Waals surface area contributed by atoms with Crippen LogP contribution in [0, 0.1) is 0 Å². The number of aryl methyl sites for hydroxylation is 1. The molecule has 0 unspecified atom stereocenters. The Labute approximate surface area is 113 Å². The van der Waals surface area contributed by atoms with Crippen LogP contribution in [0.3, 0.4) is 0 Å². The Morgan fingerprint density at radius 3 is 2.22 bits per heavy atom. The molecule has 2 rings (SSSR count). The molecule has 0 N–H and O–H groups in total. The molecule has 0 aromatic heterocycles. The number of rotatable bonds is 2. The zero-order valence-corrected chi connectivity index (χ0v) is 11.6. The molecule has 1 saturated heterocycles. The number of benzene rings is 1. The summed E-state index contributed by atoms with van der Waals surface area (Å²) in [6, 6.07) is 8.20. The van der Waals surface area contributed by atoms with Crippen molar-refractivity contribution in [1.29, 1.82) is 0 Å². The van der Waals surface area contributed by atoms with Crippen LogP contribution < -0.4 is 0 Å². The van der Waals surface area contributed by atoms with E-state index in [1.807, 2.05) is 25.3 Å². The lowest BCUT2D eigenvalue weighted by atomic mass is 10.1. The van der Waals surface area contributed by atoms with Gasteiger partial charge in [0.1, 0.15) is 5.70 Å². The summed E-state index contributed by atoms with van der Waals surface area (Å²) >= 11 is 5.16. The number of nitrogens with zero attached hydrogens (tertiary/aromatic N) is 2. The van der Waals surface area contributed by atoms with E-state index in [0.29, 0.717) is 10.8 Å². The summed E-state index contributed by atoms with van der Waals surface area (Å²) in [6.07, 6.45) is 2.89. The van der Waals surface area contributed by atoms with Crippen LogP contribution in [-0.2, 0) is 11.2 Å². The highest BCUT2D eigenvalue weighted by Gasteiger charge is 2.32. The van der Waals surface area contributed by atoms with Gasteiger partial charge in [-0.3, -0.25) is 9.69 Å². The molecule has 0 saturated carbocycles. The van der Waals surface area contributed by atoms with Crippen molar-refractivity contribution in [3.05, 3.63) is 41.1 Å². The first kappa shape index (κ1) is 12.8. The van der Waals surface area contributed by atoms with Gasteiger partial charge in [-0.2, -0.15) is 0 Å². The third-order valence-electron chi connectivity index (χ3n) is 3.15. The number of hydrogen-bond donors (Lipinski definition) is 0. The minimum Gasteiger partial charge on any atom is -0.317 e. The van der Waals surface area contributed by atoms with Gasteiger partial charge in [-0.25, -0.2) is 0 Å². The molecule has 1 aliphatic heterocycles. The Bertz CT molecular complexity index is 519. The number of hydrogen-bond acceptors (Lipinski definition) is 2. The van der Waals surface area contributed by atoms with Crippen LogP contribution in [-0.4, -0.2) is 34.9 Å². The van der Waals surface area contributed by atoms with Crippen LogP contribution >= 0.6 is 12.2 Å². The molecule has 0 aliphatic carbocycles. The van der Waals surface area contributed by atoms with E-state index >= 15 is 0 Å².